The molecule has 2 amide bonds. The van der Waals surface area contributed by atoms with E-state index in [1.165, 1.54) is 23.3 Å². The fourth-order valence-electron chi connectivity index (χ4n) is 4.12. The topological polar surface area (TPSA) is 52.7 Å². The van der Waals surface area contributed by atoms with Gasteiger partial charge in [0.2, 0.25) is 5.91 Å². The Kier molecular flexibility index (Phi) is 7.36. The Bertz CT molecular complexity index is 1030. The molecule has 0 spiro atoms. The molecule has 2 aliphatic rings. The molecule has 34 heavy (non-hydrogen) atoms. The number of hydrogen-bond donors (Lipinski definition) is 1. The van der Waals surface area contributed by atoms with Crippen molar-refractivity contribution in [2.24, 2.45) is 0 Å². The Labute approximate surface area is 197 Å². The van der Waals surface area contributed by atoms with Crippen molar-refractivity contribution in [2.75, 3.05) is 26.2 Å². The number of benzene rings is 2. The summed E-state index contributed by atoms with van der Waals surface area (Å²) in [6.07, 6.45) is 0.602. The first-order valence-electron chi connectivity index (χ1n) is 11.5. The van der Waals surface area contributed by atoms with Crippen molar-refractivity contribution in [1.29, 1.82) is 0 Å². The third kappa shape index (κ3) is 6.70. The zero-order chi connectivity index (χ0) is 24.1. The van der Waals surface area contributed by atoms with E-state index in [0.717, 1.165) is 24.8 Å². The van der Waals surface area contributed by atoms with Crippen molar-refractivity contribution < 1.29 is 22.8 Å². The summed E-state index contributed by atoms with van der Waals surface area (Å²) in [4.78, 5) is 28.9. The molecule has 2 aromatic carbocycles. The average molecular weight is 472 g/mol. The van der Waals surface area contributed by atoms with Crippen LogP contribution in [-0.4, -0.2) is 60.0 Å². The van der Waals surface area contributed by atoms with Gasteiger partial charge < -0.3 is 10.2 Å². The molecule has 180 valence electrons. The van der Waals surface area contributed by atoms with Crippen molar-refractivity contribution in [3.63, 3.8) is 0 Å². The van der Waals surface area contributed by atoms with Crippen molar-refractivity contribution in [2.45, 2.75) is 38.0 Å². The highest BCUT2D eigenvalue weighted by molar-refractivity contribution is 5.94. The normalized spacial score (nSPS) is 16.4. The SMILES string of the molecule is O=C(NCC(F)(F)F)c1ccc(CN(CC(=O)N2CC=C(c3ccccc3)CC2)C2CC2)cc1. The zero-order valence-corrected chi connectivity index (χ0v) is 18.9. The van der Waals surface area contributed by atoms with E-state index >= 15 is 0 Å². The number of halogens is 3. The van der Waals surface area contributed by atoms with Crippen molar-refractivity contribution in [3.05, 3.63) is 77.4 Å². The third-order valence-corrected chi connectivity index (χ3v) is 6.16. The smallest absolute Gasteiger partial charge is 0.343 e. The molecule has 0 unspecified atom stereocenters. The lowest BCUT2D eigenvalue weighted by atomic mass is 9.99. The predicted molar refractivity (Wildman–Crippen MR) is 124 cm³/mol. The third-order valence-electron chi connectivity index (χ3n) is 6.16. The average Bonchev–Trinajstić information content (AvgIpc) is 3.68. The van der Waals surface area contributed by atoms with Gasteiger partial charge in [0.15, 0.2) is 0 Å². The van der Waals surface area contributed by atoms with Gasteiger partial charge in [-0.2, -0.15) is 13.2 Å². The van der Waals surface area contributed by atoms with Crippen molar-refractivity contribution >= 4 is 17.4 Å². The molecule has 4 rings (SSSR count). The number of amides is 2. The molecule has 8 heteroatoms. The number of alkyl halides is 3. The summed E-state index contributed by atoms with van der Waals surface area (Å²) in [5.74, 6) is -0.662. The van der Waals surface area contributed by atoms with Crippen molar-refractivity contribution in [3.8, 4) is 0 Å². The van der Waals surface area contributed by atoms with Crippen LogP contribution in [0.1, 0.15) is 40.7 Å². The molecular weight excluding hydrogens is 443 g/mol. The van der Waals surface area contributed by atoms with Gasteiger partial charge in [0.1, 0.15) is 6.54 Å². The second kappa shape index (κ2) is 10.4. The number of carbonyl (C=O) groups excluding carboxylic acids is 2. The first kappa shape index (κ1) is 24.0. The molecule has 1 aliphatic carbocycles. The minimum atomic E-state index is -4.44. The minimum Gasteiger partial charge on any atom is -0.343 e. The van der Waals surface area contributed by atoms with Crippen LogP contribution in [0.5, 0.6) is 0 Å². The highest BCUT2D eigenvalue weighted by Crippen LogP contribution is 2.29. The fraction of sp³-hybridized carbons (Fsp3) is 0.385. The lowest BCUT2D eigenvalue weighted by molar-refractivity contribution is -0.132. The lowest BCUT2D eigenvalue weighted by Crippen LogP contribution is -2.42. The maximum Gasteiger partial charge on any atom is 0.405 e. The molecule has 1 aliphatic heterocycles. The van der Waals surface area contributed by atoms with E-state index in [-0.39, 0.29) is 11.5 Å². The molecule has 0 saturated heterocycles. The standard InChI is InChI=1S/C26H28F3N3O2/c27-26(28,29)18-30-25(34)22-8-6-19(7-9-22)16-32(23-10-11-23)17-24(33)31-14-12-21(13-15-31)20-4-2-1-3-5-20/h1-9,12,23H,10-11,13-18H2,(H,30,34). The highest BCUT2D eigenvalue weighted by atomic mass is 19.4. The number of carbonyl (C=O) groups is 2. The van der Waals surface area contributed by atoms with E-state index in [1.807, 2.05) is 28.4 Å². The molecule has 1 fully saturated rings. The van der Waals surface area contributed by atoms with Gasteiger partial charge in [-0.1, -0.05) is 48.5 Å². The first-order chi connectivity index (χ1) is 16.3. The van der Waals surface area contributed by atoms with E-state index in [4.69, 9.17) is 0 Å². The van der Waals surface area contributed by atoms with Gasteiger partial charge >= 0.3 is 6.18 Å². The molecular formula is C26H28F3N3O2. The molecule has 1 saturated carbocycles. The minimum absolute atomic E-state index is 0.0958. The Morgan fingerprint density at radius 2 is 1.74 bits per heavy atom. The van der Waals surface area contributed by atoms with Crippen LogP contribution in [0, 0.1) is 0 Å². The largest absolute Gasteiger partial charge is 0.405 e. The molecule has 0 aromatic heterocycles. The van der Waals surface area contributed by atoms with Gasteiger partial charge in [-0.3, -0.25) is 14.5 Å². The summed E-state index contributed by atoms with van der Waals surface area (Å²) in [6.45, 7) is 0.819. The van der Waals surface area contributed by atoms with Crippen LogP contribution in [-0.2, 0) is 11.3 Å². The maximum atomic E-state index is 13.0. The Balaban J connectivity index is 1.31. The van der Waals surface area contributed by atoms with Gasteiger partial charge in [-0.05, 0) is 48.1 Å². The van der Waals surface area contributed by atoms with E-state index in [9.17, 15) is 22.8 Å². The molecule has 0 radical (unpaired) electrons. The Morgan fingerprint density at radius 1 is 1.03 bits per heavy atom. The first-order valence-corrected chi connectivity index (χ1v) is 11.5. The van der Waals surface area contributed by atoms with Gasteiger partial charge in [-0.15, -0.1) is 0 Å². The van der Waals surface area contributed by atoms with E-state index in [0.29, 0.717) is 32.2 Å². The number of hydrogen-bond acceptors (Lipinski definition) is 3. The summed E-state index contributed by atoms with van der Waals surface area (Å²) in [5, 5.41) is 1.87. The molecule has 2 aromatic rings. The predicted octanol–water partition coefficient (Wildman–Crippen LogP) is 4.26. The van der Waals surface area contributed by atoms with Crippen LogP contribution in [0.25, 0.3) is 5.57 Å². The molecule has 0 bridgehead atoms. The molecule has 1 heterocycles. The van der Waals surface area contributed by atoms with Gasteiger partial charge in [-0.25, -0.2) is 0 Å². The van der Waals surface area contributed by atoms with Crippen LogP contribution in [0.2, 0.25) is 0 Å². The summed E-state index contributed by atoms with van der Waals surface area (Å²) < 4.78 is 36.9. The van der Waals surface area contributed by atoms with Gasteiger partial charge in [0.05, 0.1) is 6.54 Å². The molecule has 1 N–H and O–H groups in total. The maximum absolute atomic E-state index is 13.0. The van der Waals surface area contributed by atoms with Crippen LogP contribution in [0.4, 0.5) is 13.2 Å². The van der Waals surface area contributed by atoms with E-state index in [1.54, 1.807) is 12.1 Å². The summed E-state index contributed by atoms with van der Waals surface area (Å²) >= 11 is 0. The summed E-state index contributed by atoms with van der Waals surface area (Å²) in [6, 6.07) is 17.1. The molecule has 5 nitrogen and oxygen atoms in total. The molecule has 0 atom stereocenters. The van der Waals surface area contributed by atoms with E-state index in [2.05, 4.69) is 23.1 Å². The van der Waals surface area contributed by atoms with Crippen LogP contribution in [0.15, 0.2) is 60.7 Å². The quantitative estimate of drug-likeness (QED) is 0.626. The fourth-order valence-corrected chi connectivity index (χ4v) is 4.12. The number of nitrogens with one attached hydrogen (secondary N) is 1. The monoisotopic (exact) mass is 471 g/mol. The van der Waals surface area contributed by atoms with Gasteiger partial charge in [0, 0.05) is 31.2 Å². The van der Waals surface area contributed by atoms with Crippen LogP contribution >= 0.6 is 0 Å². The van der Waals surface area contributed by atoms with Crippen LogP contribution in [0.3, 0.4) is 0 Å². The lowest BCUT2D eigenvalue weighted by Gasteiger charge is -2.30. The number of nitrogens with zero attached hydrogens (tertiary/aromatic N) is 2. The summed E-state index contributed by atoms with van der Waals surface area (Å²) in [7, 11) is 0. The highest BCUT2D eigenvalue weighted by Gasteiger charge is 2.32. The Morgan fingerprint density at radius 3 is 2.32 bits per heavy atom. The van der Waals surface area contributed by atoms with Crippen LogP contribution < -0.4 is 5.32 Å². The second-order valence-corrected chi connectivity index (χ2v) is 8.82. The second-order valence-electron chi connectivity index (χ2n) is 8.82. The Hall–Kier alpha value is -3.13. The zero-order valence-electron chi connectivity index (χ0n) is 18.9. The van der Waals surface area contributed by atoms with Crippen molar-refractivity contribution in [1.82, 2.24) is 15.1 Å². The van der Waals surface area contributed by atoms with E-state index < -0.39 is 18.6 Å². The van der Waals surface area contributed by atoms with Gasteiger partial charge in [0.25, 0.3) is 5.91 Å². The number of rotatable bonds is 8. The summed E-state index contributed by atoms with van der Waals surface area (Å²) in [5.41, 5.74) is 3.56.